The van der Waals surface area contributed by atoms with Gasteiger partial charge in [-0.2, -0.15) is 0 Å². The Kier molecular flexibility index (Phi) is 6.21. The number of hydrogen-bond donors (Lipinski definition) is 2. The van der Waals surface area contributed by atoms with Crippen LogP contribution >= 0.6 is 0 Å². The summed E-state index contributed by atoms with van der Waals surface area (Å²) in [5.41, 5.74) is 0. The van der Waals surface area contributed by atoms with E-state index in [0.717, 1.165) is 24.2 Å². The summed E-state index contributed by atoms with van der Waals surface area (Å²) in [7, 11) is 0. The monoisotopic (exact) mass is 240 g/mol. The molecule has 100 valence electrons. The van der Waals surface area contributed by atoms with Gasteiger partial charge in [0.1, 0.15) is 0 Å². The van der Waals surface area contributed by atoms with E-state index in [1.807, 2.05) is 19.9 Å². The number of rotatable bonds is 3. The maximum atomic E-state index is 9.06. The number of hydrogen-bond acceptors (Lipinski definition) is 2. The van der Waals surface area contributed by atoms with E-state index in [4.69, 9.17) is 10.2 Å². The van der Waals surface area contributed by atoms with Crippen molar-refractivity contribution in [1.29, 1.82) is 0 Å². The molecule has 0 aromatic carbocycles. The first kappa shape index (κ1) is 14.7. The third kappa shape index (κ3) is 3.82. The van der Waals surface area contributed by atoms with Gasteiger partial charge in [0.2, 0.25) is 0 Å². The minimum Gasteiger partial charge on any atom is -0.396 e. The smallest absolute Gasteiger partial charge is 0.0718 e. The molecular weight excluding hydrogens is 212 g/mol. The predicted molar refractivity (Wildman–Crippen MR) is 71.7 cm³/mol. The lowest BCUT2D eigenvalue weighted by Gasteiger charge is -2.25. The summed E-state index contributed by atoms with van der Waals surface area (Å²) in [5, 5.41) is 17.8. The summed E-state index contributed by atoms with van der Waals surface area (Å²) in [6.45, 7) is 6.59. The third-order valence-electron chi connectivity index (χ3n) is 4.58. The van der Waals surface area contributed by atoms with E-state index in [0.29, 0.717) is 12.5 Å². The molecule has 0 aromatic heterocycles. The fraction of sp³-hybridized carbons (Fsp3) is 0.867. The maximum absolute atomic E-state index is 9.06. The molecule has 0 amide bonds. The minimum absolute atomic E-state index is 0.231. The maximum Gasteiger partial charge on any atom is 0.0718 e. The van der Waals surface area contributed by atoms with Gasteiger partial charge in [-0.3, -0.25) is 0 Å². The van der Waals surface area contributed by atoms with Crippen molar-refractivity contribution in [2.75, 3.05) is 6.61 Å². The van der Waals surface area contributed by atoms with Crippen LogP contribution in [0.4, 0.5) is 0 Å². The largest absolute Gasteiger partial charge is 0.396 e. The average Bonchev–Trinajstić information content (AvgIpc) is 2.90. The Morgan fingerprint density at radius 1 is 1.29 bits per heavy atom. The predicted octanol–water partition coefficient (Wildman–Crippen LogP) is 2.99. The molecule has 2 bridgehead atoms. The zero-order valence-electron chi connectivity index (χ0n) is 11.5. The van der Waals surface area contributed by atoms with Crippen LogP contribution in [0.3, 0.4) is 0 Å². The minimum atomic E-state index is -0.231. The average molecular weight is 240 g/mol. The first-order chi connectivity index (χ1) is 8.13. The Hall–Kier alpha value is -0.340. The molecule has 0 saturated heterocycles. The van der Waals surface area contributed by atoms with Gasteiger partial charge >= 0.3 is 0 Å². The van der Waals surface area contributed by atoms with Gasteiger partial charge in [0, 0.05) is 6.61 Å². The molecule has 2 fully saturated rings. The highest BCUT2D eigenvalue weighted by Gasteiger charge is 2.44. The van der Waals surface area contributed by atoms with E-state index in [2.05, 4.69) is 6.92 Å². The SMILES string of the molecule is C/C=C/C(O)CC.CC1C2CCC(C2)C1CO. The highest BCUT2D eigenvalue weighted by molar-refractivity contribution is 4.93. The summed E-state index contributed by atoms with van der Waals surface area (Å²) in [6.07, 6.45) is 8.44. The first-order valence-corrected chi connectivity index (χ1v) is 7.05. The number of allylic oxidation sites excluding steroid dienone is 1. The molecule has 5 unspecified atom stereocenters. The van der Waals surface area contributed by atoms with Gasteiger partial charge in [-0.15, -0.1) is 0 Å². The topological polar surface area (TPSA) is 40.5 Å². The van der Waals surface area contributed by atoms with Crippen molar-refractivity contribution >= 4 is 0 Å². The van der Waals surface area contributed by atoms with Crippen LogP contribution in [0.25, 0.3) is 0 Å². The lowest BCUT2D eigenvalue weighted by atomic mass is 9.81. The van der Waals surface area contributed by atoms with E-state index in [-0.39, 0.29) is 6.10 Å². The molecule has 2 rings (SSSR count). The van der Waals surface area contributed by atoms with E-state index in [1.165, 1.54) is 19.3 Å². The van der Waals surface area contributed by atoms with Crippen LogP contribution in [0.15, 0.2) is 12.2 Å². The van der Waals surface area contributed by atoms with Gasteiger partial charge in [0.15, 0.2) is 0 Å². The van der Waals surface area contributed by atoms with Crippen molar-refractivity contribution in [2.24, 2.45) is 23.7 Å². The van der Waals surface area contributed by atoms with Crippen molar-refractivity contribution in [3.05, 3.63) is 12.2 Å². The van der Waals surface area contributed by atoms with Gasteiger partial charge in [-0.1, -0.05) is 26.0 Å². The van der Waals surface area contributed by atoms with Crippen LogP contribution in [-0.4, -0.2) is 22.9 Å². The molecule has 2 aliphatic rings. The van der Waals surface area contributed by atoms with Crippen LogP contribution in [0.1, 0.15) is 46.5 Å². The van der Waals surface area contributed by atoms with Gasteiger partial charge in [-0.25, -0.2) is 0 Å². The standard InChI is InChI=1S/C9H16O.C6H12O/c1-6-7-2-3-8(4-7)9(6)5-10;1-3-5-6(7)4-2/h6-10H,2-5H2,1H3;3,5-7H,4H2,1-2H3/b;5-3+. The summed E-state index contributed by atoms with van der Waals surface area (Å²) in [4.78, 5) is 0. The van der Waals surface area contributed by atoms with Crippen LogP contribution in [0.2, 0.25) is 0 Å². The van der Waals surface area contributed by atoms with Crippen LogP contribution in [-0.2, 0) is 0 Å². The van der Waals surface area contributed by atoms with Crippen molar-refractivity contribution < 1.29 is 10.2 Å². The van der Waals surface area contributed by atoms with Gasteiger partial charge in [0.05, 0.1) is 6.10 Å². The van der Waals surface area contributed by atoms with Crippen LogP contribution in [0, 0.1) is 23.7 Å². The molecule has 0 spiro atoms. The fourth-order valence-corrected chi connectivity index (χ4v) is 3.37. The Morgan fingerprint density at radius 3 is 2.24 bits per heavy atom. The second kappa shape index (κ2) is 7.17. The van der Waals surface area contributed by atoms with Crippen LogP contribution < -0.4 is 0 Å². The molecular formula is C15H28O2. The summed E-state index contributed by atoms with van der Waals surface area (Å²) in [5.74, 6) is 3.30. The molecule has 17 heavy (non-hydrogen) atoms. The Bertz CT molecular complexity index is 235. The second-order valence-corrected chi connectivity index (χ2v) is 5.54. The molecule has 5 atom stereocenters. The van der Waals surface area contributed by atoms with E-state index in [9.17, 15) is 0 Å². The second-order valence-electron chi connectivity index (χ2n) is 5.54. The lowest BCUT2D eigenvalue weighted by Crippen LogP contribution is -2.22. The van der Waals surface area contributed by atoms with E-state index < -0.39 is 0 Å². The third-order valence-corrected chi connectivity index (χ3v) is 4.58. The zero-order valence-corrected chi connectivity index (χ0v) is 11.5. The molecule has 0 aliphatic heterocycles. The van der Waals surface area contributed by atoms with Gasteiger partial charge in [0.25, 0.3) is 0 Å². The summed E-state index contributed by atoms with van der Waals surface area (Å²) >= 11 is 0. The van der Waals surface area contributed by atoms with E-state index in [1.54, 1.807) is 6.08 Å². The van der Waals surface area contributed by atoms with Gasteiger partial charge < -0.3 is 10.2 Å². The molecule has 0 aromatic rings. The molecule has 0 heterocycles. The molecule has 2 aliphatic carbocycles. The Balaban J connectivity index is 0.000000185. The number of fused-ring (bicyclic) bond motifs is 2. The Morgan fingerprint density at radius 2 is 1.94 bits per heavy atom. The highest BCUT2D eigenvalue weighted by atomic mass is 16.3. The zero-order chi connectivity index (χ0) is 12.8. The number of aliphatic hydroxyl groups excluding tert-OH is 2. The summed E-state index contributed by atoms with van der Waals surface area (Å²) in [6, 6.07) is 0. The quantitative estimate of drug-likeness (QED) is 0.745. The van der Waals surface area contributed by atoms with E-state index >= 15 is 0 Å². The fourth-order valence-electron chi connectivity index (χ4n) is 3.37. The van der Waals surface area contributed by atoms with Crippen molar-refractivity contribution in [3.63, 3.8) is 0 Å². The highest BCUT2D eigenvalue weighted by Crippen LogP contribution is 2.51. The molecule has 2 N–H and O–H groups in total. The summed E-state index contributed by atoms with van der Waals surface area (Å²) < 4.78 is 0. The van der Waals surface area contributed by atoms with Gasteiger partial charge in [-0.05, 0) is 56.3 Å². The number of aliphatic hydroxyl groups is 2. The van der Waals surface area contributed by atoms with Crippen molar-refractivity contribution in [3.8, 4) is 0 Å². The molecule has 2 heteroatoms. The van der Waals surface area contributed by atoms with Crippen LogP contribution in [0.5, 0.6) is 0 Å². The normalized spacial score (nSPS) is 37.0. The Labute approximate surface area is 106 Å². The molecule has 2 saturated carbocycles. The van der Waals surface area contributed by atoms with Crippen molar-refractivity contribution in [2.45, 2.75) is 52.6 Å². The molecule has 0 radical (unpaired) electrons. The lowest BCUT2D eigenvalue weighted by molar-refractivity contribution is 0.134. The first-order valence-electron chi connectivity index (χ1n) is 7.05. The van der Waals surface area contributed by atoms with Crippen molar-refractivity contribution in [1.82, 2.24) is 0 Å². The molecule has 2 nitrogen and oxygen atoms in total.